The van der Waals surface area contributed by atoms with Crippen molar-refractivity contribution in [1.82, 2.24) is 4.90 Å². The largest absolute Gasteiger partial charge is 0.494 e. The highest BCUT2D eigenvalue weighted by atomic mass is 16.5. The van der Waals surface area contributed by atoms with Gasteiger partial charge in [0.1, 0.15) is 5.75 Å². The number of imide groups is 1. The summed E-state index contributed by atoms with van der Waals surface area (Å²) in [4.78, 5) is 37.6. The van der Waals surface area contributed by atoms with E-state index in [4.69, 9.17) is 9.47 Å². The van der Waals surface area contributed by atoms with E-state index in [1.807, 2.05) is 6.07 Å². The Labute approximate surface area is 175 Å². The number of fused-ring (bicyclic) bond motifs is 2. The third-order valence-electron chi connectivity index (χ3n) is 5.86. The van der Waals surface area contributed by atoms with Crippen LogP contribution in [0.4, 0.5) is 0 Å². The second-order valence-corrected chi connectivity index (χ2v) is 7.83. The van der Waals surface area contributed by atoms with Gasteiger partial charge < -0.3 is 9.47 Å². The number of benzene rings is 2. The molecule has 0 spiro atoms. The molecular weight excluding hydrogens is 382 g/mol. The highest BCUT2D eigenvalue weighted by Gasteiger charge is 2.34. The van der Waals surface area contributed by atoms with Gasteiger partial charge in [-0.3, -0.25) is 19.3 Å². The predicted octanol–water partition coefficient (Wildman–Crippen LogP) is 3.42. The van der Waals surface area contributed by atoms with E-state index in [0.29, 0.717) is 43.0 Å². The predicted molar refractivity (Wildman–Crippen MR) is 111 cm³/mol. The van der Waals surface area contributed by atoms with Crippen LogP contribution < -0.4 is 4.74 Å². The number of nitrogens with zero attached hydrogens (tertiary/aromatic N) is 1. The van der Waals surface area contributed by atoms with E-state index >= 15 is 0 Å². The summed E-state index contributed by atoms with van der Waals surface area (Å²) in [5.74, 6) is 0.511. The van der Waals surface area contributed by atoms with Crippen LogP contribution in [0.3, 0.4) is 0 Å². The zero-order valence-electron chi connectivity index (χ0n) is 17.1. The monoisotopic (exact) mass is 407 g/mol. The Hall–Kier alpha value is -3.15. The van der Waals surface area contributed by atoms with Gasteiger partial charge in [0.05, 0.1) is 24.8 Å². The molecule has 1 heterocycles. The van der Waals surface area contributed by atoms with E-state index in [0.717, 1.165) is 25.0 Å². The summed E-state index contributed by atoms with van der Waals surface area (Å²) in [7, 11) is 1.43. The number of methoxy groups -OCH3 is 1. The Morgan fingerprint density at radius 1 is 1.07 bits per heavy atom. The van der Waals surface area contributed by atoms with Crippen LogP contribution in [0.2, 0.25) is 0 Å². The van der Waals surface area contributed by atoms with E-state index in [9.17, 15) is 14.4 Å². The third-order valence-corrected chi connectivity index (χ3v) is 5.86. The van der Waals surface area contributed by atoms with Gasteiger partial charge in [0.15, 0.2) is 0 Å². The van der Waals surface area contributed by atoms with Gasteiger partial charge in [0, 0.05) is 13.0 Å². The molecule has 0 bridgehead atoms. The number of rotatable bonds is 7. The fourth-order valence-electron chi connectivity index (χ4n) is 4.24. The van der Waals surface area contributed by atoms with Gasteiger partial charge in [-0.1, -0.05) is 18.2 Å². The van der Waals surface area contributed by atoms with Crippen LogP contribution >= 0.6 is 0 Å². The zero-order chi connectivity index (χ0) is 21.1. The molecule has 1 atom stereocenters. The van der Waals surface area contributed by atoms with Gasteiger partial charge >= 0.3 is 5.97 Å². The number of carbonyl (C=O) groups is 3. The first-order valence-electron chi connectivity index (χ1n) is 10.3. The molecule has 6 nitrogen and oxygen atoms in total. The normalized spacial score (nSPS) is 17.5. The summed E-state index contributed by atoms with van der Waals surface area (Å²) in [6.45, 7) is 0.768. The highest BCUT2D eigenvalue weighted by molar-refractivity contribution is 6.21. The SMILES string of the molecule is COC(=O)CC1CCc2cc(OCCCN3C(=O)c4ccccc4C3=O)ccc2C1. The third kappa shape index (κ3) is 4.08. The summed E-state index contributed by atoms with van der Waals surface area (Å²) in [6, 6.07) is 13.0. The van der Waals surface area contributed by atoms with Crippen LogP contribution in [0, 0.1) is 5.92 Å². The Balaban J connectivity index is 1.27. The molecule has 0 aromatic heterocycles. The maximum Gasteiger partial charge on any atom is 0.305 e. The molecule has 156 valence electrons. The van der Waals surface area contributed by atoms with Crippen LogP contribution in [0.15, 0.2) is 42.5 Å². The van der Waals surface area contributed by atoms with Crippen LogP contribution in [0.25, 0.3) is 0 Å². The lowest BCUT2D eigenvalue weighted by molar-refractivity contribution is -0.141. The Morgan fingerprint density at radius 2 is 1.80 bits per heavy atom. The molecule has 4 rings (SSSR count). The van der Waals surface area contributed by atoms with Crippen molar-refractivity contribution in [1.29, 1.82) is 0 Å². The molecule has 0 radical (unpaired) electrons. The van der Waals surface area contributed by atoms with Crippen LogP contribution in [0.5, 0.6) is 5.75 Å². The smallest absolute Gasteiger partial charge is 0.305 e. The first-order valence-corrected chi connectivity index (χ1v) is 10.3. The summed E-state index contributed by atoms with van der Waals surface area (Å²) < 4.78 is 10.6. The minimum absolute atomic E-state index is 0.151. The Bertz CT molecular complexity index is 948. The minimum Gasteiger partial charge on any atom is -0.494 e. The second kappa shape index (κ2) is 8.69. The van der Waals surface area contributed by atoms with Crippen molar-refractivity contribution in [2.75, 3.05) is 20.3 Å². The number of carbonyl (C=O) groups excluding carboxylic acids is 3. The summed E-state index contributed by atoms with van der Waals surface area (Å²) >= 11 is 0. The average molecular weight is 407 g/mol. The van der Waals surface area contributed by atoms with E-state index in [1.54, 1.807) is 24.3 Å². The lowest BCUT2D eigenvalue weighted by Crippen LogP contribution is -2.31. The molecule has 2 aromatic carbocycles. The number of aryl methyl sites for hydroxylation is 1. The van der Waals surface area contributed by atoms with Crippen molar-refractivity contribution in [3.63, 3.8) is 0 Å². The van der Waals surface area contributed by atoms with Gasteiger partial charge in [-0.2, -0.15) is 0 Å². The summed E-state index contributed by atoms with van der Waals surface area (Å²) in [5, 5.41) is 0. The quantitative estimate of drug-likeness (QED) is 0.400. The van der Waals surface area contributed by atoms with Crippen molar-refractivity contribution < 1.29 is 23.9 Å². The standard InChI is InChI=1S/C24H25NO5/c1-29-22(26)14-16-7-8-18-15-19(10-9-17(18)13-16)30-12-4-11-25-23(27)20-5-2-3-6-21(20)24(25)28/h2-3,5-6,9-10,15-16H,4,7-8,11-14H2,1H3. The fraction of sp³-hybridized carbons (Fsp3) is 0.375. The van der Waals surface area contributed by atoms with Crippen molar-refractivity contribution in [2.45, 2.75) is 32.1 Å². The highest BCUT2D eigenvalue weighted by Crippen LogP contribution is 2.30. The topological polar surface area (TPSA) is 72.9 Å². The van der Waals surface area contributed by atoms with Crippen molar-refractivity contribution in [2.24, 2.45) is 5.92 Å². The molecule has 2 aromatic rings. The minimum atomic E-state index is -0.231. The van der Waals surface area contributed by atoms with E-state index in [-0.39, 0.29) is 17.8 Å². The fourth-order valence-corrected chi connectivity index (χ4v) is 4.24. The summed E-state index contributed by atoms with van der Waals surface area (Å²) in [6.07, 6.45) is 3.80. The molecule has 2 aliphatic rings. The lowest BCUT2D eigenvalue weighted by atomic mass is 9.82. The molecule has 2 amide bonds. The number of ether oxygens (including phenoxy) is 2. The van der Waals surface area contributed by atoms with Crippen molar-refractivity contribution >= 4 is 17.8 Å². The van der Waals surface area contributed by atoms with Crippen molar-refractivity contribution in [3.05, 3.63) is 64.7 Å². The van der Waals surface area contributed by atoms with Gasteiger partial charge in [0.2, 0.25) is 0 Å². The first kappa shape index (κ1) is 20.1. The molecule has 1 unspecified atom stereocenters. The first-order chi connectivity index (χ1) is 14.6. The molecule has 1 aliphatic heterocycles. The maximum atomic E-state index is 12.4. The van der Waals surface area contributed by atoms with Gasteiger partial charge in [-0.25, -0.2) is 0 Å². The second-order valence-electron chi connectivity index (χ2n) is 7.83. The molecule has 6 heteroatoms. The number of hydrogen-bond acceptors (Lipinski definition) is 5. The van der Waals surface area contributed by atoms with E-state index < -0.39 is 0 Å². The van der Waals surface area contributed by atoms with Gasteiger partial charge in [0.25, 0.3) is 11.8 Å². The van der Waals surface area contributed by atoms with Gasteiger partial charge in [-0.15, -0.1) is 0 Å². The molecular formula is C24H25NO5. The Morgan fingerprint density at radius 3 is 2.50 bits per heavy atom. The number of esters is 1. The summed E-state index contributed by atoms with van der Waals surface area (Å²) in [5.41, 5.74) is 3.47. The number of amides is 2. The number of hydrogen-bond donors (Lipinski definition) is 0. The Kier molecular flexibility index (Phi) is 5.84. The maximum absolute atomic E-state index is 12.4. The van der Waals surface area contributed by atoms with Crippen molar-refractivity contribution in [3.8, 4) is 5.75 Å². The zero-order valence-corrected chi connectivity index (χ0v) is 17.1. The van der Waals surface area contributed by atoms with E-state index in [1.165, 1.54) is 23.1 Å². The van der Waals surface area contributed by atoms with Crippen LogP contribution in [0.1, 0.15) is 51.1 Å². The molecule has 0 fully saturated rings. The average Bonchev–Trinajstić information content (AvgIpc) is 3.01. The molecule has 0 saturated carbocycles. The van der Waals surface area contributed by atoms with Crippen LogP contribution in [-0.4, -0.2) is 42.9 Å². The molecule has 30 heavy (non-hydrogen) atoms. The molecule has 1 aliphatic carbocycles. The lowest BCUT2D eigenvalue weighted by Gasteiger charge is -2.24. The van der Waals surface area contributed by atoms with Crippen LogP contribution in [-0.2, 0) is 22.4 Å². The molecule has 0 saturated heterocycles. The van der Waals surface area contributed by atoms with Gasteiger partial charge in [-0.05, 0) is 67.0 Å². The molecule has 0 N–H and O–H groups in total. The van der Waals surface area contributed by atoms with E-state index in [2.05, 4.69) is 12.1 Å².